The summed E-state index contributed by atoms with van der Waals surface area (Å²) in [7, 11) is 0. The smallest absolute Gasteiger partial charge is 0.321 e. The van der Waals surface area contributed by atoms with Crippen LogP contribution in [0.2, 0.25) is 0 Å². The fourth-order valence-corrected chi connectivity index (χ4v) is 1.57. The van der Waals surface area contributed by atoms with Gasteiger partial charge in [0.1, 0.15) is 6.04 Å². The third kappa shape index (κ3) is 6.29. The van der Waals surface area contributed by atoms with Crippen LogP contribution in [0, 0.1) is 0 Å². The normalized spacial score (nSPS) is 12.6. The summed E-state index contributed by atoms with van der Waals surface area (Å²) >= 11 is 0. The van der Waals surface area contributed by atoms with Gasteiger partial charge >= 0.3 is 5.97 Å². The van der Waals surface area contributed by atoms with E-state index < -0.39 is 12.0 Å². The second-order valence-corrected chi connectivity index (χ2v) is 4.97. The quantitative estimate of drug-likeness (QED) is 0.871. The number of halogens is 1. The van der Waals surface area contributed by atoms with Crippen molar-refractivity contribution in [3.05, 3.63) is 35.9 Å². The van der Waals surface area contributed by atoms with Gasteiger partial charge in [0, 0.05) is 5.54 Å². The summed E-state index contributed by atoms with van der Waals surface area (Å²) in [5.74, 6) is -0.807. The van der Waals surface area contributed by atoms with E-state index in [1.165, 1.54) is 0 Å². The average molecular weight is 258 g/mol. The minimum atomic E-state index is -0.807. The molecule has 0 aliphatic carbocycles. The highest BCUT2D eigenvalue weighted by atomic mass is 35.5. The van der Waals surface area contributed by atoms with Gasteiger partial charge in [0.2, 0.25) is 0 Å². The monoisotopic (exact) mass is 257 g/mol. The van der Waals surface area contributed by atoms with E-state index in [0.717, 1.165) is 5.56 Å². The van der Waals surface area contributed by atoms with Crippen molar-refractivity contribution in [1.29, 1.82) is 0 Å². The van der Waals surface area contributed by atoms with Gasteiger partial charge in [-0.25, -0.2) is 0 Å². The van der Waals surface area contributed by atoms with E-state index in [-0.39, 0.29) is 17.9 Å². The van der Waals surface area contributed by atoms with Gasteiger partial charge < -0.3 is 5.11 Å². The third-order valence-electron chi connectivity index (χ3n) is 2.19. The van der Waals surface area contributed by atoms with Gasteiger partial charge in [0.15, 0.2) is 0 Å². The zero-order valence-electron chi connectivity index (χ0n) is 10.4. The van der Waals surface area contributed by atoms with Crippen LogP contribution in [0.3, 0.4) is 0 Å². The van der Waals surface area contributed by atoms with Gasteiger partial charge in [0.25, 0.3) is 0 Å². The van der Waals surface area contributed by atoms with Crippen molar-refractivity contribution in [2.24, 2.45) is 0 Å². The van der Waals surface area contributed by atoms with E-state index in [1.54, 1.807) is 0 Å². The summed E-state index contributed by atoms with van der Waals surface area (Å²) in [5, 5.41) is 12.2. The van der Waals surface area contributed by atoms with Crippen molar-refractivity contribution < 1.29 is 9.90 Å². The Labute approximate surface area is 109 Å². The molecule has 0 saturated heterocycles. The Morgan fingerprint density at radius 2 is 1.82 bits per heavy atom. The van der Waals surface area contributed by atoms with E-state index in [4.69, 9.17) is 5.11 Å². The van der Waals surface area contributed by atoms with E-state index >= 15 is 0 Å². The predicted octanol–water partition coefficient (Wildman–Crippen LogP) is 2.49. The maximum atomic E-state index is 11.1. The lowest BCUT2D eigenvalue weighted by Gasteiger charge is -2.26. The Morgan fingerprint density at radius 1 is 1.29 bits per heavy atom. The summed E-state index contributed by atoms with van der Waals surface area (Å²) in [4.78, 5) is 11.1. The molecule has 1 rings (SSSR count). The number of carboxylic acids is 1. The molecule has 1 aromatic rings. The summed E-state index contributed by atoms with van der Waals surface area (Å²) in [6.45, 7) is 5.90. The molecule has 0 aromatic heterocycles. The van der Waals surface area contributed by atoms with Crippen LogP contribution >= 0.6 is 12.4 Å². The Hall–Kier alpha value is -1.06. The second kappa shape index (κ2) is 6.62. The standard InChI is InChI=1S/C13H19NO2.ClH/c1-13(2,3)14-11(12(15)16)9-10-7-5-4-6-8-10;/h4-8,11,14H,9H2,1-3H3,(H,15,16);1H/t11-;/m0./s1. The van der Waals surface area contributed by atoms with Crippen LogP contribution in [0.4, 0.5) is 0 Å². The molecular formula is C13H20ClNO2. The summed E-state index contributed by atoms with van der Waals surface area (Å²) in [5.41, 5.74) is 0.837. The number of benzene rings is 1. The number of aliphatic carboxylic acids is 1. The molecule has 0 aliphatic heterocycles. The van der Waals surface area contributed by atoms with Gasteiger partial charge in [-0.2, -0.15) is 0 Å². The highest BCUT2D eigenvalue weighted by Gasteiger charge is 2.23. The average Bonchev–Trinajstić information content (AvgIpc) is 2.16. The molecule has 0 amide bonds. The van der Waals surface area contributed by atoms with Crippen LogP contribution in [0.1, 0.15) is 26.3 Å². The molecule has 17 heavy (non-hydrogen) atoms. The fourth-order valence-electron chi connectivity index (χ4n) is 1.57. The molecular weight excluding hydrogens is 238 g/mol. The number of hydrogen-bond acceptors (Lipinski definition) is 2. The Morgan fingerprint density at radius 3 is 2.24 bits per heavy atom. The maximum absolute atomic E-state index is 11.1. The first kappa shape index (κ1) is 15.9. The first-order valence-electron chi connectivity index (χ1n) is 5.43. The molecule has 0 spiro atoms. The topological polar surface area (TPSA) is 49.3 Å². The van der Waals surface area contributed by atoms with Crippen LogP contribution in [0.15, 0.2) is 30.3 Å². The molecule has 0 heterocycles. The molecule has 0 radical (unpaired) electrons. The SMILES string of the molecule is CC(C)(C)N[C@@H](Cc1ccccc1)C(=O)O.Cl. The Balaban J connectivity index is 0.00000256. The van der Waals surface area contributed by atoms with Crippen LogP contribution in [-0.2, 0) is 11.2 Å². The molecule has 1 atom stereocenters. The van der Waals surface area contributed by atoms with Crippen LogP contribution in [0.5, 0.6) is 0 Å². The van der Waals surface area contributed by atoms with Gasteiger partial charge in [0.05, 0.1) is 0 Å². The number of carbonyl (C=O) groups is 1. The Bertz CT molecular complexity index is 346. The molecule has 1 aromatic carbocycles. The molecule has 0 saturated carbocycles. The van der Waals surface area contributed by atoms with E-state index in [0.29, 0.717) is 6.42 Å². The molecule has 2 N–H and O–H groups in total. The minimum Gasteiger partial charge on any atom is -0.480 e. The van der Waals surface area contributed by atoms with Gasteiger partial charge in [-0.15, -0.1) is 12.4 Å². The molecule has 96 valence electrons. The summed E-state index contributed by atoms with van der Waals surface area (Å²) in [6.07, 6.45) is 0.507. The van der Waals surface area contributed by atoms with Crippen molar-refractivity contribution in [2.45, 2.75) is 38.8 Å². The first-order valence-corrected chi connectivity index (χ1v) is 5.43. The predicted molar refractivity (Wildman–Crippen MR) is 71.7 cm³/mol. The zero-order valence-corrected chi connectivity index (χ0v) is 11.3. The highest BCUT2D eigenvalue weighted by Crippen LogP contribution is 2.08. The second-order valence-electron chi connectivity index (χ2n) is 4.97. The molecule has 0 unspecified atom stereocenters. The number of rotatable bonds is 4. The van der Waals surface area contributed by atoms with Gasteiger partial charge in [-0.05, 0) is 32.8 Å². The summed E-state index contributed by atoms with van der Waals surface area (Å²) in [6, 6.07) is 9.12. The van der Waals surface area contributed by atoms with Gasteiger partial charge in [-0.1, -0.05) is 30.3 Å². The molecule has 0 aliphatic rings. The fraction of sp³-hybridized carbons (Fsp3) is 0.462. The van der Waals surface area contributed by atoms with Crippen molar-refractivity contribution in [2.75, 3.05) is 0 Å². The molecule has 0 bridgehead atoms. The number of nitrogens with one attached hydrogen (secondary N) is 1. The van der Waals surface area contributed by atoms with Crippen LogP contribution in [0.25, 0.3) is 0 Å². The maximum Gasteiger partial charge on any atom is 0.321 e. The third-order valence-corrected chi connectivity index (χ3v) is 2.19. The minimum absolute atomic E-state index is 0. The lowest BCUT2D eigenvalue weighted by molar-refractivity contribution is -0.140. The van der Waals surface area contributed by atoms with Gasteiger partial charge in [-0.3, -0.25) is 10.1 Å². The number of carboxylic acid groups (broad SMARTS) is 1. The van der Waals surface area contributed by atoms with E-state index in [9.17, 15) is 4.79 Å². The highest BCUT2D eigenvalue weighted by molar-refractivity contribution is 5.85. The van der Waals surface area contributed by atoms with Crippen LogP contribution < -0.4 is 5.32 Å². The lowest BCUT2D eigenvalue weighted by Crippen LogP contribution is -2.48. The lowest BCUT2D eigenvalue weighted by atomic mass is 10.0. The zero-order chi connectivity index (χ0) is 12.2. The van der Waals surface area contributed by atoms with Crippen molar-refractivity contribution in [1.82, 2.24) is 5.32 Å². The van der Waals surface area contributed by atoms with Crippen molar-refractivity contribution >= 4 is 18.4 Å². The van der Waals surface area contributed by atoms with Crippen LogP contribution in [-0.4, -0.2) is 22.7 Å². The van der Waals surface area contributed by atoms with Crippen molar-refractivity contribution in [3.8, 4) is 0 Å². The molecule has 0 fully saturated rings. The first-order chi connectivity index (χ1) is 7.38. The number of hydrogen-bond donors (Lipinski definition) is 2. The summed E-state index contributed by atoms with van der Waals surface area (Å²) < 4.78 is 0. The van der Waals surface area contributed by atoms with E-state index in [2.05, 4.69) is 5.32 Å². The molecule has 4 heteroatoms. The molecule has 3 nitrogen and oxygen atoms in total. The van der Waals surface area contributed by atoms with Crippen molar-refractivity contribution in [3.63, 3.8) is 0 Å². The van der Waals surface area contributed by atoms with E-state index in [1.807, 2.05) is 51.1 Å². The Kier molecular flexibility index (Phi) is 6.21. The largest absolute Gasteiger partial charge is 0.480 e.